The van der Waals surface area contributed by atoms with E-state index in [9.17, 15) is 17.2 Å². The third-order valence-corrected chi connectivity index (χ3v) is 7.70. The van der Waals surface area contributed by atoms with E-state index in [1.165, 1.54) is 29.3 Å². The van der Waals surface area contributed by atoms with E-state index in [2.05, 4.69) is 29.1 Å². The van der Waals surface area contributed by atoms with Gasteiger partial charge in [0.15, 0.2) is 0 Å². The van der Waals surface area contributed by atoms with Gasteiger partial charge in [-0.3, -0.25) is 9.29 Å². The minimum atomic E-state index is -3.14. The SMILES string of the molecule is C=C.C[C@@H]1Cc2c([nH]c3ccccc23)CN1S(C)(=O)=O.FCC1CN(CCOc2cccc(F)c2)C1.[HH]. The molecule has 0 radical (unpaired) electrons. The fourth-order valence-corrected chi connectivity index (χ4v) is 5.68. The standard InChI is InChI=1S/C13H16N2O2S.C12H15F2NO.C2H4.H2/c1-9-7-11-10-5-3-4-6-12(10)14-13(11)8-15(9)18(2,16)17;13-7-10-8-15(9-10)4-5-16-12-3-1-2-11(14)6-12;1-2;/h3-6,9,14H,7-8H2,1-2H3;1-3,6,10H,4-5,7-9H2;1-2H2;1H/t9-;;;/m1.../s1. The van der Waals surface area contributed by atoms with Crippen molar-refractivity contribution in [1.29, 1.82) is 0 Å². The molecule has 6 nitrogen and oxygen atoms in total. The van der Waals surface area contributed by atoms with Gasteiger partial charge < -0.3 is 9.72 Å². The molecule has 0 amide bonds. The van der Waals surface area contributed by atoms with Crippen molar-refractivity contribution in [3.63, 3.8) is 0 Å². The predicted octanol–water partition coefficient (Wildman–Crippen LogP) is 5.03. The van der Waals surface area contributed by atoms with Gasteiger partial charge in [-0.15, -0.1) is 13.2 Å². The molecule has 1 saturated heterocycles. The van der Waals surface area contributed by atoms with Crippen LogP contribution in [0.3, 0.4) is 0 Å². The van der Waals surface area contributed by atoms with Crippen LogP contribution in [0, 0.1) is 11.7 Å². The number of para-hydroxylation sites is 1. The van der Waals surface area contributed by atoms with Gasteiger partial charge in [-0.2, -0.15) is 4.31 Å². The average Bonchev–Trinajstić information content (AvgIpc) is 3.19. The average molecular weight is 522 g/mol. The van der Waals surface area contributed by atoms with E-state index in [0.29, 0.717) is 18.9 Å². The van der Waals surface area contributed by atoms with Crippen molar-refractivity contribution >= 4 is 20.9 Å². The van der Waals surface area contributed by atoms with E-state index in [4.69, 9.17) is 4.74 Å². The summed E-state index contributed by atoms with van der Waals surface area (Å²) in [4.78, 5) is 5.46. The number of fused-ring (bicyclic) bond motifs is 3. The number of rotatable bonds is 6. The fourth-order valence-electron chi connectivity index (χ4n) is 4.58. The van der Waals surface area contributed by atoms with E-state index >= 15 is 0 Å². The molecule has 5 rings (SSSR count). The van der Waals surface area contributed by atoms with Crippen molar-refractivity contribution in [2.75, 3.05) is 39.2 Å². The van der Waals surface area contributed by atoms with Gasteiger partial charge >= 0.3 is 0 Å². The molecule has 0 unspecified atom stereocenters. The lowest BCUT2D eigenvalue weighted by Crippen LogP contribution is -2.49. The summed E-state index contributed by atoms with van der Waals surface area (Å²) in [5, 5.41) is 1.22. The highest BCUT2D eigenvalue weighted by atomic mass is 32.2. The maximum Gasteiger partial charge on any atom is 0.211 e. The summed E-state index contributed by atoms with van der Waals surface area (Å²) in [5.41, 5.74) is 3.38. The molecule has 2 aliphatic heterocycles. The predicted molar refractivity (Wildman–Crippen MR) is 143 cm³/mol. The zero-order valence-electron chi connectivity index (χ0n) is 20.9. The van der Waals surface area contributed by atoms with Crippen LogP contribution < -0.4 is 4.74 Å². The van der Waals surface area contributed by atoms with E-state index < -0.39 is 10.0 Å². The fraction of sp³-hybridized carbons (Fsp3) is 0.407. The number of aromatic amines is 1. The van der Waals surface area contributed by atoms with E-state index in [1.807, 2.05) is 25.1 Å². The van der Waals surface area contributed by atoms with Gasteiger partial charge in [-0.05, 0) is 37.1 Å². The number of alkyl halides is 1. The number of aromatic nitrogens is 1. The first-order valence-corrected chi connectivity index (χ1v) is 13.8. The number of nitrogens with one attached hydrogen (secondary N) is 1. The molecule has 36 heavy (non-hydrogen) atoms. The van der Waals surface area contributed by atoms with Crippen LogP contribution in [0.4, 0.5) is 8.78 Å². The summed E-state index contributed by atoms with van der Waals surface area (Å²) >= 11 is 0. The van der Waals surface area contributed by atoms with Gasteiger partial charge in [0.05, 0.1) is 19.5 Å². The van der Waals surface area contributed by atoms with Crippen LogP contribution in [0.2, 0.25) is 0 Å². The Morgan fingerprint density at radius 1 is 1.17 bits per heavy atom. The highest BCUT2D eigenvalue weighted by Gasteiger charge is 2.31. The molecule has 1 aromatic heterocycles. The molecule has 198 valence electrons. The molecule has 0 aliphatic carbocycles. The zero-order valence-corrected chi connectivity index (χ0v) is 21.7. The monoisotopic (exact) mass is 521 g/mol. The van der Waals surface area contributed by atoms with Gasteiger partial charge in [0.2, 0.25) is 10.0 Å². The Bertz CT molecular complexity index is 1250. The number of hydrogen-bond donors (Lipinski definition) is 1. The molecule has 2 aliphatic rings. The second-order valence-electron chi connectivity index (χ2n) is 9.07. The van der Waals surface area contributed by atoms with Crippen molar-refractivity contribution in [1.82, 2.24) is 14.2 Å². The Morgan fingerprint density at radius 2 is 1.89 bits per heavy atom. The molecule has 9 heteroatoms. The van der Waals surface area contributed by atoms with Crippen LogP contribution in [-0.4, -0.2) is 67.8 Å². The van der Waals surface area contributed by atoms with Crippen molar-refractivity contribution in [3.8, 4) is 5.75 Å². The molecule has 3 heterocycles. The lowest BCUT2D eigenvalue weighted by molar-refractivity contribution is 0.0668. The Morgan fingerprint density at radius 3 is 2.56 bits per heavy atom. The van der Waals surface area contributed by atoms with Gasteiger partial charge in [-0.25, -0.2) is 12.8 Å². The normalized spacial score (nSPS) is 18.3. The van der Waals surface area contributed by atoms with E-state index in [1.54, 1.807) is 16.4 Å². The first-order valence-electron chi connectivity index (χ1n) is 12.0. The van der Waals surface area contributed by atoms with Crippen LogP contribution in [-0.2, 0) is 23.0 Å². The quantitative estimate of drug-likeness (QED) is 0.462. The van der Waals surface area contributed by atoms with Crippen molar-refractivity contribution in [2.45, 2.75) is 25.9 Å². The second-order valence-corrected chi connectivity index (χ2v) is 11.0. The number of halogens is 2. The van der Waals surface area contributed by atoms with Crippen LogP contribution >= 0.6 is 0 Å². The van der Waals surface area contributed by atoms with Crippen molar-refractivity contribution in [3.05, 3.63) is 78.8 Å². The van der Waals surface area contributed by atoms with Gasteiger partial charge in [0, 0.05) is 55.7 Å². The number of ether oxygens (including phenoxy) is 1. The first kappa shape index (κ1) is 27.8. The molecule has 1 fully saturated rings. The molecule has 1 N–H and O–H groups in total. The summed E-state index contributed by atoms with van der Waals surface area (Å²) in [6, 6.07) is 14.2. The summed E-state index contributed by atoms with van der Waals surface area (Å²) in [5.74, 6) is 0.454. The van der Waals surface area contributed by atoms with Crippen molar-refractivity contribution < 1.29 is 23.4 Å². The van der Waals surface area contributed by atoms with E-state index in [0.717, 1.165) is 37.3 Å². The molecular weight excluding hydrogens is 484 g/mol. The Kier molecular flexibility index (Phi) is 9.64. The Hall–Kier alpha value is -2.75. The summed E-state index contributed by atoms with van der Waals surface area (Å²) in [6.07, 6.45) is 2.05. The van der Waals surface area contributed by atoms with Crippen LogP contribution in [0.5, 0.6) is 5.75 Å². The number of nitrogens with zero attached hydrogens (tertiary/aromatic N) is 2. The van der Waals surface area contributed by atoms with Crippen LogP contribution in [0.25, 0.3) is 10.9 Å². The highest BCUT2D eigenvalue weighted by Crippen LogP contribution is 2.31. The molecule has 2 aromatic carbocycles. The third-order valence-electron chi connectivity index (χ3n) is 6.36. The maximum atomic E-state index is 12.8. The van der Waals surface area contributed by atoms with Gasteiger partial charge in [0.25, 0.3) is 0 Å². The lowest BCUT2D eigenvalue weighted by Gasteiger charge is -2.37. The summed E-state index contributed by atoms with van der Waals surface area (Å²) < 4.78 is 55.4. The number of H-pyrrole nitrogens is 1. The molecule has 3 aromatic rings. The van der Waals surface area contributed by atoms with Crippen LogP contribution in [0.1, 0.15) is 19.6 Å². The number of hydrogen-bond acceptors (Lipinski definition) is 4. The second kappa shape index (κ2) is 12.5. The molecule has 0 saturated carbocycles. The minimum Gasteiger partial charge on any atom is -0.492 e. The number of benzene rings is 2. The Balaban J connectivity index is 0.000000239. The number of sulfonamides is 1. The van der Waals surface area contributed by atoms with Crippen LogP contribution in [0.15, 0.2) is 61.7 Å². The largest absolute Gasteiger partial charge is 0.492 e. The highest BCUT2D eigenvalue weighted by molar-refractivity contribution is 7.88. The minimum absolute atomic E-state index is 0. The number of likely N-dealkylation sites (tertiary alicyclic amines) is 1. The van der Waals surface area contributed by atoms with Crippen molar-refractivity contribution in [2.24, 2.45) is 5.92 Å². The molecule has 0 spiro atoms. The molecule has 1 atom stereocenters. The maximum absolute atomic E-state index is 12.8. The third kappa shape index (κ3) is 6.93. The van der Waals surface area contributed by atoms with E-state index in [-0.39, 0.29) is 25.9 Å². The molecule has 0 bridgehead atoms. The topological polar surface area (TPSA) is 65.6 Å². The Labute approximate surface area is 214 Å². The first-order chi connectivity index (χ1) is 17.2. The molecular formula is C27H37F2N3O3S. The lowest BCUT2D eigenvalue weighted by atomic mass is 10.00. The smallest absolute Gasteiger partial charge is 0.211 e. The van der Waals surface area contributed by atoms with Gasteiger partial charge in [-0.1, -0.05) is 24.3 Å². The summed E-state index contributed by atoms with van der Waals surface area (Å²) in [7, 11) is -3.14. The van der Waals surface area contributed by atoms with Gasteiger partial charge in [0.1, 0.15) is 18.2 Å². The summed E-state index contributed by atoms with van der Waals surface area (Å²) in [6.45, 7) is 11.1. The zero-order chi connectivity index (χ0) is 26.3.